The minimum absolute atomic E-state index is 0.262. The van der Waals surface area contributed by atoms with Crippen molar-refractivity contribution in [2.45, 2.75) is 77.7 Å². The maximum atomic E-state index is 6.57. The molecule has 1 aliphatic heterocycles. The Bertz CT molecular complexity index is 482. The van der Waals surface area contributed by atoms with Crippen molar-refractivity contribution in [2.24, 2.45) is 0 Å². The first-order valence-corrected chi connectivity index (χ1v) is 11.3. The molecule has 1 atom stereocenters. The summed E-state index contributed by atoms with van der Waals surface area (Å²) in [6.07, 6.45) is 3.47. The van der Waals surface area contributed by atoms with E-state index in [1.54, 1.807) is 0 Å². The molecule has 5 nitrogen and oxygen atoms in total. The van der Waals surface area contributed by atoms with Crippen LogP contribution in [0.4, 0.5) is 0 Å². The molecule has 6 heteroatoms. The highest BCUT2D eigenvalue weighted by Crippen LogP contribution is 2.38. The Hall–Kier alpha value is -0.723. The minimum Gasteiger partial charge on any atom is -0.424 e. The van der Waals surface area contributed by atoms with Crippen LogP contribution in [0, 0.1) is 0 Å². The fourth-order valence-electron chi connectivity index (χ4n) is 2.53. The molecule has 1 aromatic rings. The van der Waals surface area contributed by atoms with Gasteiger partial charge >= 0.3 is 0 Å². The number of aromatic nitrogens is 2. The molecule has 0 radical (unpaired) electrons. The first-order valence-electron chi connectivity index (χ1n) is 8.42. The van der Waals surface area contributed by atoms with Crippen molar-refractivity contribution in [3.05, 3.63) is 11.8 Å². The minimum atomic E-state index is -1.69. The lowest BCUT2D eigenvalue weighted by Gasteiger charge is -2.42. The van der Waals surface area contributed by atoms with Crippen molar-refractivity contribution >= 4 is 8.32 Å². The van der Waals surface area contributed by atoms with Gasteiger partial charge in [-0.15, -0.1) is 10.2 Å². The third-order valence-electron chi connectivity index (χ3n) is 4.90. The molecule has 22 heavy (non-hydrogen) atoms. The molecule has 0 amide bonds. The maximum absolute atomic E-state index is 6.57. The molecule has 1 fully saturated rings. The monoisotopic (exact) mass is 325 g/mol. The van der Waals surface area contributed by atoms with Crippen LogP contribution >= 0.6 is 0 Å². The lowest BCUT2D eigenvalue weighted by atomic mass is 10.1. The Balaban J connectivity index is 1.91. The Morgan fingerprint density at radius 1 is 1.27 bits per heavy atom. The molecule has 0 unspecified atom stereocenters. The van der Waals surface area contributed by atoms with E-state index < -0.39 is 8.32 Å². The zero-order valence-electron chi connectivity index (χ0n) is 15.0. The Kier molecular flexibility index (Phi) is 5.45. The highest BCUT2D eigenvalue weighted by molar-refractivity contribution is 6.74. The number of nitrogens with zero attached hydrogens (tertiary/aromatic N) is 3. The molecule has 1 saturated heterocycles. The van der Waals surface area contributed by atoms with E-state index in [-0.39, 0.29) is 5.04 Å². The van der Waals surface area contributed by atoms with E-state index in [0.717, 1.165) is 44.3 Å². The van der Waals surface area contributed by atoms with Gasteiger partial charge in [-0.1, -0.05) is 27.7 Å². The van der Waals surface area contributed by atoms with Gasteiger partial charge in [-0.05, 0) is 37.5 Å². The lowest BCUT2D eigenvalue weighted by molar-refractivity contribution is 0.0693. The summed E-state index contributed by atoms with van der Waals surface area (Å²) in [5.41, 5.74) is 0. The van der Waals surface area contributed by atoms with E-state index in [4.69, 9.17) is 8.84 Å². The Morgan fingerprint density at radius 3 is 2.55 bits per heavy atom. The van der Waals surface area contributed by atoms with Crippen LogP contribution in [-0.4, -0.2) is 42.6 Å². The highest BCUT2D eigenvalue weighted by atomic mass is 28.4. The van der Waals surface area contributed by atoms with Crippen molar-refractivity contribution in [2.75, 3.05) is 13.1 Å². The van der Waals surface area contributed by atoms with E-state index in [0.29, 0.717) is 6.10 Å². The van der Waals surface area contributed by atoms with Gasteiger partial charge in [0.25, 0.3) is 0 Å². The number of hydrogen-bond acceptors (Lipinski definition) is 5. The number of likely N-dealkylation sites (tertiary alicyclic amines) is 1. The third kappa shape index (κ3) is 4.40. The van der Waals surface area contributed by atoms with E-state index in [1.807, 2.05) is 6.92 Å². The van der Waals surface area contributed by atoms with Crippen molar-refractivity contribution in [3.63, 3.8) is 0 Å². The van der Waals surface area contributed by atoms with Crippen LogP contribution in [0.25, 0.3) is 0 Å². The fraction of sp³-hybridized carbons (Fsp3) is 0.875. The van der Waals surface area contributed by atoms with Gasteiger partial charge in [0.2, 0.25) is 11.8 Å². The summed E-state index contributed by atoms with van der Waals surface area (Å²) in [5.74, 6) is 1.45. The summed E-state index contributed by atoms with van der Waals surface area (Å²) in [6, 6.07) is 0. The first kappa shape index (κ1) is 17.6. The van der Waals surface area contributed by atoms with Gasteiger partial charge in [0.1, 0.15) is 0 Å². The van der Waals surface area contributed by atoms with Crippen molar-refractivity contribution in [1.82, 2.24) is 15.1 Å². The van der Waals surface area contributed by atoms with Crippen LogP contribution in [0.2, 0.25) is 18.1 Å². The van der Waals surface area contributed by atoms with Gasteiger partial charge < -0.3 is 8.84 Å². The van der Waals surface area contributed by atoms with Gasteiger partial charge in [-0.3, -0.25) is 4.90 Å². The molecule has 1 aromatic heterocycles. The molecule has 126 valence electrons. The van der Waals surface area contributed by atoms with Crippen LogP contribution in [0.1, 0.15) is 52.3 Å². The first-order chi connectivity index (χ1) is 10.2. The SMILES string of the molecule is CCc1nnc(CN2CCC[C@@H](O[Si](C)(C)C(C)(C)C)C2)o1. The standard InChI is InChI=1S/C16H31N3O2Si/c1-7-14-17-18-15(20-14)12-19-10-8-9-13(11-19)21-22(5,6)16(2,3)4/h13H,7-12H2,1-6H3/t13-/m1/s1. The summed E-state index contributed by atoms with van der Waals surface area (Å²) in [5, 5.41) is 8.43. The van der Waals surface area contributed by atoms with Gasteiger partial charge in [0.15, 0.2) is 8.32 Å². The second kappa shape index (κ2) is 6.80. The molecule has 0 aliphatic carbocycles. The van der Waals surface area contributed by atoms with E-state index in [1.165, 1.54) is 6.42 Å². The average molecular weight is 326 g/mol. The zero-order valence-corrected chi connectivity index (χ0v) is 16.0. The molecule has 0 spiro atoms. The van der Waals surface area contributed by atoms with Gasteiger partial charge in [-0.2, -0.15) is 0 Å². The summed E-state index contributed by atoms with van der Waals surface area (Å²) >= 11 is 0. The molecule has 2 rings (SSSR count). The molecular formula is C16H31N3O2Si. The smallest absolute Gasteiger partial charge is 0.230 e. The van der Waals surface area contributed by atoms with Crippen LogP contribution in [0.15, 0.2) is 4.42 Å². The molecule has 2 heterocycles. The summed E-state index contributed by atoms with van der Waals surface area (Å²) in [7, 11) is -1.69. The normalized spacial score (nSPS) is 21.3. The van der Waals surface area contributed by atoms with Crippen LogP contribution in [0.3, 0.4) is 0 Å². The molecule has 0 bridgehead atoms. The quantitative estimate of drug-likeness (QED) is 0.774. The van der Waals surface area contributed by atoms with Crippen molar-refractivity contribution in [3.8, 4) is 0 Å². The zero-order chi connectivity index (χ0) is 16.4. The summed E-state index contributed by atoms with van der Waals surface area (Å²) < 4.78 is 12.2. The second-order valence-electron chi connectivity index (χ2n) is 7.82. The van der Waals surface area contributed by atoms with Crippen molar-refractivity contribution < 1.29 is 8.84 Å². The Morgan fingerprint density at radius 2 is 1.95 bits per heavy atom. The van der Waals surface area contributed by atoms with Gasteiger partial charge in [-0.25, -0.2) is 0 Å². The predicted octanol–water partition coefficient (Wildman–Crippen LogP) is 3.62. The molecule has 1 aliphatic rings. The maximum Gasteiger partial charge on any atom is 0.230 e. The summed E-state index contributed by atoms with van der Waals surface area (Å²) in [4.78, 5) is 2.38. The number of hydrogen-bond donors (Lipinski definition) is 0. The molecular weight excluding hydrogens is 294 g/mol. The molecule has 0 saturated carbocycles. The van der Waals surface area contributed by atoms with Gasteiger partial charge in [0, 0.05) is 13.0 Å². The summed E-state index contributed by atoms with van der Waals surface area (Å²) in [6.45, 7) is 16.4. The average Bonchev–Trinajstić information content (AvgIpc) is 2.85. The second-order valence-corrected chi connectivity index (χ2v) is 12.6. The number of piperidine rings is 1. The van der Waals surface area contributed by atoms with E-state index in [2.05, 4.69) is 49.0 Å². The van der Waals surface area contributed by atoms with Gasteiger partial charge in [0.05, 0.1) is 12.6 Å². The molecule has 0 aromatic carbocycles. The topological polar surface area (TPSA) is 51.4 Å². The van der Waals surface area contributed by atoms with Crippen molar-refractivity contribution in [1.29, 1.82) is 0 Å². The lowest BCUT2D eigenvalue weighted by Crippen LogP contribution is -2.49. The van der Waals surface area contributed by atoms with Crippen LogP contribution in [0.5, 0.6) is 0 Å². The van der Waals surface area contributed by atoms with E-state index in [9.17, 15) is 0 Å². The largest absolute Gasteiger partial charge is 0.424 e. The van der Waals surface area contributed by atoms with Crippen LogP contribution < -0.4 is 0 Å². The third-order valence-corrected chi connectivity index (χ3v) is 9.43. The number of aryl methyl sites for hydroxylation is 1. The number of rotatable bonds is 5. The fourth-order valence-corrected chi connectivity index (χ4v) is 3.91. The Labute approximate surface area is 135 Å². The predicted molar refractivity (Wildman–Crippen MR) is 90.3 cm³/mol. The van der Waals surface area contributed by atoms with E-state index >= 15 is 0 Å². The molecule has 0 N–H and O–H groups in total. The van der Waals surface area contributed by atoms with Crippen LogP contribution in [-0.2, 0) is 17.4 Å². The highest BCUT2D eigenvalue weighted by Gasteiger charge is 2.39.